The molecule has 0 saturated carbocycles. The summed E-state index contributed by atoms with van der Waals surface area (Å²) in [5, 5.41) is 1.62. The Hall–Kier alpha value is -3.54. The molecule has 0 spiro atoms. The number of benzene rings is 3. The monoisotopic (exact) mass is 422 g/mol. The van der Waals surface area contributed by atoms with Crippen LogP contribution in [0.2, 0.25) is 0 Å². The van der Waals surface area contributed by atoms with Gasteiger partial charge in [0.25, 0.3) is 0 Å². The predicted octanol–water partition coefficient (Wildman–Crippen LogP) is 4.93. The van der Waals surface area contributed by atoms with Crippen LogP contribution in [0.3, 0.4) is 0 Å². The standard InChI is InChI=1S/C25H26O6/c1-25(2,3)31-23(26)16-29-20-11-10-18-14-22(30-15-17-8-6-5-7-9-17)21(24(27)28-4)13-19(18)12-20/h5-14H,15-16H2,1-4H3. The summed E-state index contributed by atoms with van der Waals surface area (Å²) in [4.78, 5) is 24.2. The summed E-state index contributed by atoms with van der Waals surface area (Å²) in [5.41, 5.74) is 0.731. The van der Waals surface area contributed by atoms with Crippen LogP contribution in [0, 0.1) is 0 Å². The van der Waals surface area contributed by atoms with E-state index in [1.165, 1.54) is 7.11 Å². The Kier molecular flexibility index (Phi) is 6.80. The summed E-state index contributed by atoms with van der Waals surface area (Å²) in [5.74, 6) is -0.0182. The first kappa shape index (κ1) is 22.2. The molecule has 0 aromatic heterocycles. The van der Waals surface area contributed by atoms with E-state index in [1.807, 2.05) is 36.4 Å². The average molecular weight is 422 g/mol. The van der Waals surface area contributed by atoms with Crippen LogP contribution >= 0.6 is 0 Å². The van der Waals surface area contributed by atoms with Gasteiger partial charge in [-0.2, -0.15) is 0 Å². The number of carbonyl (C=O) groups is 2. The van der Waals surface area contributed by atoms with E-state index in [1.54, 1.807) is 45.0 Å². The van der Waals surface area contributed by atoms with Crippen LogP contribution < -0.4 is 9.47 Å². The molecule has 0 saturated heterocycles. The number of ether oxygens (including phenoxy) is 4. The van der Waals surface area contributed by atoms with Crippen molar-refractivity contribution in [2.45, 2.75) is 33.0 Å². The zero-order chi connectivity index (χ0) is 22.4. The van der Waals surface area contributed by atoms with Crippen LogP contribution in [0.25, 0.3) is 10.8 Å². The number of esters is 2. The molecule has 6 heteroatoms. The quantitative estimate of drug-likeness (QED) is 0.503. The fourth-order valence-electron chi connectivity index (χ4n) is 2.98. The Morgan fingerprint density at radius 2 is 1.61 bits per heavy atom. The van der Waals surface area contributed by atoms with E-state index in [0.717, 1.165) is 16.3 Å². The lowest BCUT2D eigenvalue weighted by Crippen LogP contribution is -2.27. The molecule has 0 aliphatic rings. The van der Waals surface area contributed by atoms with E-state index in [2.05, 4.69) is 0 Å². The molecule has 0 atom stereocenters. The van der Waals surface area contributed by atoms with Gasteiger partial charge in [-0.1, -0.05) is 36.4 Å². The molecule has 0 aliphatic carbocycles. The summed E-state index contributed by atoms with van der Waals surface area (Å²) < 4.78 is 21.7. The van der Waals surface area contributed by atoms with E-state index in [4.69, 9.17) is 18.9 Å². The Morgan fingerprint density at radius 1 is 0.871 bits per heavy atom. The topological polar surface area (TPSA) is 71.1 Å². The molecule has 0 unspecified atom stereocenters. The number of hydrogen-bond acceptors (Lipinski definition) is 6. The highest BCUT2D eigenvalue weighted by Crippen LogP contribution is 2.30. The summed E-state index contributed by atoms with van der Waals surface area (Å²) in [6, 6.07) is 18.5. The molecule has 6 nitrogen and oxygen atoms in total. The second-order valence-electron chi connectivity index (χ2n) is 8.00. The molecular formula is C25H26O6. The van der Waals surface area contributed by atoms with Crippen molar-refractivity contribution < 1.29 is 28.5 Å². The molecule has 3 aromatic carbocycles. The summed E-state index contributed by atoms with van der Waals surface area (Å²) in [7, 11) is 1.33. The maximum atomic E-state index is 12.3. The van der Waals surface area contributed by atoms with Gasteiger partial charge in [0, 0.05) is 0 Å². The lowest BCUT2D eigenvalue weighted by Gasteiger charge is -2.19. The Labute approximate surface area is 181 Å². The largest absolute Gasteiger partial charge is 0.488 e. The van der Waals surface area contributed by atoms with Crippen LogP contribution in [0.15, 0.2) is 60.7 Å². The van der Waals surface area contributed by atoms with Gasteiger partial charge in [-0.15, -0.1) is 0 Å². The third-order valence-electron chi connectivity index (χ3n) is 4.33. The van der Waals surface area contributed by atoms with Gasteiger partial charge in [0.15, 0.2) is 6.61 Å². The minimum absolute atomic E-state index is 0.203. The van der Waals surface area contributed by atoms with Crippen LogP contribution in [0.4, 0.5) is 0 Å². The van der Waals surface area contributed by atoms with Crippen molar-refractivity contribution in [3.63, 3.8) is 0 Å². The van der Waals surface area contributed by atoms with Gasteiger partial charge < -0.3 is 18.9 Å². The van der Waals surface area contributed by atoms with Gasteiger partial charge in [0.2, 0.25) is 0 Å². The first-order valence-corrected chi connectivity index (χ1v) is 9.92. The lowest BCUT2D eigenvalue weighted by atomic mass is 10.1. The molecule has 0 radical (unpaired) electrons. The maximum absolute atomic E-state index is 12.3. The van der Waals surface area contributed by atoms with Gasteiger partial charge in [-0.05, 0) is 61.4 Å². The highest BCUT2D eigenvalue weighted by Gasteiger charge is 2.18. The van der Waals surface area contributed by atoms with Crippen molar-refractivity contribution in [3.8, 4) is 11.5 Å². The average Bonchev–Trinajstić information content (AvgIpc) is 2.74. The van der Waals surface area contributed by atoms with Gasteiger partial charge in [-0.25, -0.2) is 9.59 Å². The second kappa shape index (κ2) is 9.51. The minimum Gasteiger partial charge on any atom is -0.488 e. The van der Waals surface area contributed by atoms with Gasteiger partial charge in [0.05, 0.1) is 7.11 Å². The van der Waals surface area contributed by atoms with Crippen molar-refractivity contribution in [2.24, 2.45) is 0 Å². The predicted molar refractivity (Wildman–Crippen MR) is 117 cm³/mol. The highest BCUT2D eigenvalue weighted by atomic mass is 16.6. The van der Waals surface area contributed by atoms with Crippen molar-refractivity contribution in [1.82, 2.24) is 0 Å². The number of rotatable bonds is 7. The van der Waals surface area contributed by atoms with Crippen LogP contribution in [-0.2, 0) is 20.9 Å². The Bertz CT molecular complexity index is 1070. The van der Waals surface area contributed by atoms with E-state index in [0.29, 0.717) is 23.7 Å². The molecule has 31 heavy (non-hydrogen) atoms. The van der Waals surface area contributed by atoms with Crippen LogP contribution in [0.1, 0.15) is 36.7 Å². The van der Waals surface area contributed by atoms with Gasteiger partial charge >= 0.3 is 11.9 Å². The van der Waals surface area contributed by atoms with Crippen LogP contribution in [0.5, 0.6) is 11.5 Å². The SMILES string of the molecule is COC(=O)c1cc2cc(OCC(=O)OC(C)(C)C)ccc2cc1OCc1ccccc1. The molecule has 0 amide bonds. The second-order valence-corrected chi connectivity index (χ2v) is 8.00. The van der Waals surface area contributed by atoms with Gasteiger partial charge in [-0.3, -0.25) is 0 Å². The molecule has 162 valence electrons. The molecule has 0 aliphatic heterocycles. The normalized spacial score (nSPS) is 11.1. The smallest absolute Gasteiger partial charge is 0.344 e. The lowest BCUT2D eigenvalue weighted by molar-refractivity contribution is -0.157. The zero-order valence-electron chi connectivity index (χ0n) is 18.1. The fourth-order valence-corrected chi connectivity index (χ4v) is 2.98. The minimum atomic E-state index is -0.574. The molecule has 0 N–H and O–H groups in total. The van der Waals surface area contributed by atoms with Crippen molar-refractivity contribution >= 4 is 22.7 Å². The van der Waals surface area contributed by atoms with Crippen molar-refractivity contribution in [3.05, 3.63) is 71.8 Å². The number of carbonyl (C=O) groups excluding carboxylic acids is 2. The third kappa shape index (κ3) is 6.22. The van der Waals surface area contributed by atoms with E-state index in [9.17, 15) is 9.59 Å². The summed E-state index contributed by atoms with van der Waals surface area (Å²) in [6.45, 7) is 5.52. The van der Waals surface area contributed by atoms with Gasteiger partial charge in [0.1, 0.15) is 29.3 Å². The molecule has 3 aromatic rings. The molecule has 3 rings (SSSR count). The first-order chi connectivity index (χ1) is 14.7. The highest BCUT2D eigenvalue weighted by molar-refractivity contribution is 5.99. The van der Waals surface area contributed by atoms with Crippen LogP contribution in [-0.4, -0.2) is 31.3 Å². The summed E-state index contributed by atoms with van der Waals surface area (Å²) >= 11 is 0. The molecule has 0 heterocycles. The van der Waals surface area contributed by atoms with E-state index in [-0.39, 0.29) is 6.61 Å². The molecular weight excluding hydrogens is 396 g/mol. The van der Waals surface area contributed by atoms with E-state index < -0.39 is 17.5 Å². The molecule has 0 fully saturated rings. The number of methoxy groups -OCH3 is 1. The Morgan fingerprint density at radius 3 is 2.29 bits per heavy atom. The summed E-state index contributed by atoms with van der Waals surface area (Å²) in [6.07, 6.45) is 0. The number of hydrogen-bond donors (Lipinski definition) is 0. The molecule has 0 bridgehead atoms. The third-order valence-corrected chi connectivity index (χ3v) is 4.33. The fraction of sp³-hybridized carbons (Fsp3) is 0.280. The maximum Gasteiger partial charge on any atom is 0.344 e. The first-order valence-electron chi connectivity index (χ1n) is 9.92. The van der Waals surface area contributed by atoms with Crippen molar-refractivity contribution in [2.75, 3.05) is 13.7 Å². The Balaban J connectivity index is 1.81. The zero-order valence-corrected chi connectivity index (χ0v) is 18.1. The van der Waals surface area contributed by atoms with Crippen molar-refractivity contribution in [1.29, 1.82) is 0 Å². The number of fused-ring (bicyclic) bond motifs is 1. The van der Waals surface area contributed by atoms with E-state index >= 15 is 0 Å².